The van der Waals surface area contributed by atoms with Crippen molar-refractivity contribution in [3.63, 3.8) is 0 Å². The molecular formula is C32H42N6O4. The second-order valence-corrected chi connectivity index (χ2v) is 11.5. The summed E-state index contributed by atoms with van der Waals surface area (Å²) in [4.78, 5) is 18.7. The molecule has 224 valence electrons. The first-order chi connectivity index (χ1) is 20.6. The number of morpholine rings is 1. The molecule has 0 aliphatic carbocycles. The molecule has 3 aromatic rings. The quantitative estimate of drug-likeness (QED) is 0.492. The first kappa shape index (κ1) is 28.5. The van der Waals surface area contributed by atoms with Crippen molar-refractivity contribution in [3.8, 4) is 11.5 Å². The topological polar surface area (TPSA) is 94.0 Å². The summed E-state index contributed by atoms with van der Waals surface area (Å²) in [6.45, 7) is 10.0. The van der Waals surface area contributed by atoms with Gasteiger partial charge in [0.05, 0.1) is 31.4 Å². The predicted octanol–water partition coefficient (Wildman–Crippen LogP) is 3.78. The maximum atomic E-state index is 13.9. The van der Waals surface area contributed by atoms with Gasteiger partial charge in [0.1, 0.15) is 23.8 Å². The van der Waals surface area contributed by atoms with Crippen molar-refractivity contribution in [1.29, 1.82) is 0 Å². The van der Waals surface area contributed by atoms with E-state index in [0.29, 0.717) is 19.8 Å². The van der Waals surface area contributed by atoms with Gasteiger partial charge in [0.15, 0.2) is 0 Å². The molecule has 2 saturated heterocycles. The molecule has 1 N–H and O–H groups in total. The van der Waals surface area contributed by atoms with E-state index in [1.807, 2.05) is 42.1 Å². The number of aromatic nitrogens is 3. The third-order valence-electron chi connectivity index (χ3n) is 8.83. The number of nitrogens with zero attached hydrogens (tertiary/aromatic N) is 5. The average molecular weight is 575 g/mol. The van der Waals surface area contributed by atoms with Crippen molar-refractivity contribution in [2.45, 2.75) is 58.8 Å². The summed E-state index contributed by atoms with van der Waals surface area (Å²) in [5, 5.41) is 11.8. The van der Waals surface area contributed by atoms with Crippen molar-refractivity contribution < 1.29 is 19.0 Å². The highest BCUT2D eigenvalue weighted by Crippen LogP contribution is 2.38. The third-order valence-corrected chi connectivity index (χ3v) is 8.83. The Morgan fingerprint density at radius 2 is 1.86 bits per heavy atom. The Bertz CT molecular complexity index is 1350. The minimum Gasteiger partial charge on any atom is -0.493 e. The number of ether oxygens (including phenoxy) is 3. The molecule has 10 nitrogen and oxygen atoms in total. The van der Waals surface area contributed by atoms with Crippen LogP contribution in [0.1, 0.15) is 49.4 Å². The fraction of sp³-hybridized carbons (Fsp3) is 0.531. The van der Waals surface area contributed by atoms with E-state index in [4.69, 9.17) is 14.2 Å². The van der Waals surface area contributed by atoms with E-state index in [2.05, 4.69) is 43.6 Å². The molecule has 2 bridgehead atoms. The molecule has 2 aromatic carbocycles. The SMILES string of the molecule is CCOc1cc(N2CCOCC2)ccc1CN1CCC2(CCCn3cc(nn3)COc3ccccc3CNC2=O)CC1. The number of amides is 1. The van der Waals surface area contributed by atoms with Crippen LogP contribution in [-0.2, 0) is 35.8 Å². The molecule has 3 aliphatic heterocycles. The summed E-state index contributed by atoms with van der Waals surface area (Å²) in [7, 11) is 0. The van der Waals surface area contributed by atoms with E-state index in [0.717, 1.165) is 101 Å². The number of carbonyl (C=O) groups excluding carboxylic acids is 1. The summed E-state index contributed by atoms with van der Waals surface area (Å²) in [5.41, 5.74) is 3.73. The Labute approximate surface area is 247 Å². The number of likely N-dealkylation sites (tertiary alicyclic amines) is 1. The third kappa shape index (κ3) is 6.55. The Kier molecular flexibility index (Phi) is 8.90. The van der Waals surface area contributed by atoms with Crippen LogP contribution in [0.3, 0.4) is 0 Å². The van der Waals surface area contributed by atoms with Crippen LogP contribution < -0.4 is 19.7 Å². The van der Waals surface area contributed by atoms with E-state index in [1.54, 1.807) is 0 Å². The second-order valence-electron chi connectivity index (χ2n) is 11.5. The number of rotatable bonds is 5. The van der Waals surface area contributed by atoms with Crippen LogP contribution >= 0.6 is 0 Å². The lowest BCUT2D eigenvalue weighted by Gasteiger charge is -2.41. The maximum Gasteiger partial charge on any atom is 0.226 e. The Morgan fingerprint density at radius 1 is 1.02 bits per heavy atom. The Balaban J connectivity index is 1.15. The van der Waals surface area contributed by atoms with Crippen LogP contribution in [-0.4, -0.2) is 71.8 Å². The zero-order valence-electron chi connectivity index (χ0n) is 24.6. The van der Waals surface area contributed by atoms with Crippen molar-refractivity contribution in [2.75, 3.05) is 50.9 Å². The average Bonchev–Trinajstić information content (AvgIpc) is 3.48. The molecule has 10 heteroatoms. The molecule has 3 aliphatic rings. The molecule has 0 atom stereocenters. The fourth-order valence-corrected chi connectivity index (χ4v) is 6.35. The first-order valence-electron chi connectivity index (χ1n) is 15.3. The monoisotopic (exact) mass is 574 g/mol. The van der Waals surface area contributed by atoms with E-state index in [9.17, 15) is 4.79 Å². The highest BCUT2D eigenvalue weighted by molar-refractivity contribution is 5.82. The molecule has 6 rings (SSSR count). The molecular weight excluding hydrogens is 532 g/mol. The van der Waals surface area contributed by atoms with Gasteiger partial charge >= 0.3 is 0 Å². The number of carbonyl (C=O) groups is 1. The number of benzene rings is 2. The summed E-state index contributed by atoms with van der Waals surface area (Å²) < 4.78 is 19.5. The largest absolute Gasteiger partial charge is 0.493 e. The van der Waals surface area contributed by atoms with Crippen molar-refractivity contribution in [1.82, 2.24) is 25.2 Å². The van der Waals surface area contributed by atoms with Gasteiger partial charge in [-0.05, 0) is 57.8 Å². The molecule has 0 saturated carbocycles. The van der Waals surface area contributed by atoms with Crippen LogP contribution in [0.25, 0.3) is 0 Å². The van der Waals surface area contributed by atoms with E-state index >= 15 is 0 Å². The number of anilines is 1. The van der Waals surface area contributed by atoms with Crippen molar-refractivity contribution in [2.24, 2.45) is 5.41 Å². The van der Waals surface area contributed by atoms with Gasteiger partial charge in [-0.1, -0.05) is 29.5 Å². The van der Waals surface area contributed by atoms with Gasteiger partial charge in [0, 0.05) is 55.6 Å². The minimum absolute atomic E-state index is 0.137. The number of hydrogen-bond donors (Lipinski definition) is 1. The summed E-state index contributed by atoms with van der Waals surface area (Å²) >= 11 is 0. The Hall–Kier alpha value is -3.63. The summed E-state index contributed by atoms with van der Waals surface area (Å²) in [6, 6.07) is 14.5. The van der Waals surface area contributed by atoms with Crippen LogP contribution in [0, 0.1) is 5.41 Å². The van der Waals surface area contributed by atoms with Gasteiger partial charge in [0.25, 0.3) is 0 Å². The van der Waals surface area contributed by atoms with E-state index in [-0.39, 0.29) is 5.91 Å². The van der Waals surface area contributed by atoms with Gasteiger partial charge in [-0.25, -0.2) is 0 Å². The molecule has 1 spiro atoms. The van der Waals surface area contributed by atoms with Crippen molar-refractivity contribution in [3.05, 3.63) is 65.5 Å². The normalized spacial score (nSPS) is 19.8. The van der Waals surface area contributed by atoms with E-state index < -0.39 is 5.41 Å². The lowest BCUT2D eigenvalue weighted by Crippen LogP contribution is -2.48. The highest BCUT2D eigenvalue weighted by Gasteiger charge is 2.41. The molecule has 4 heterocycles. The number of fused-ring (bicyclic) bond motifs is 3. The molecule has 1 amide bonds. The molecule has 2 fully saturated rings. The summed E-state index contributed by atoms with van der Waals surface area (Å²) in [5.74, 6) is 1.85. The van der Waals surface area contributed by atoms with Gasteiger partial charge in [0.2, 0.25) is 5.91 Å². The smallest absolute Gasteiger partial charge is 0.226 e. The predicted molar refractivity (Wildman–Crippen MR) is 159 cm³/mol. The van der Waals surface area contributed by atoms with Crippen LogP contribution in [0.2, 0.25) is 0 Å². The number of para-hydroxylation sites is 1. The van der Waals surface area contributed by atoms with Gasteiger partial charge in [-0.15, -0.1) is 5.10 Å². The zero-order chi connectivity index (χ0) is 28.8. The number of aryl methyl sites for hydroxylation is 1. The second kappa shape index (κ2) is 13.1. The molecule has 0 unspecified atom stereocenters. The van der Waals surface area contributed by atoms with Gasteiger partial charge in [-0.2, -0.15) is 0 Å². The molecule has 42 heavy (non-hydrogen) atoms. The zero-order valence-corrected chi connectivity index (χ0v) is 24.6. The minimum atomic E-state index is -0.414. The molecule has 1 aromatic heterocycles. The van der Waals surface area contributed by atoms with E-state index in [1.165, 1.54) is 11.3 Å². The summed E-state index contributed by atoms with van der Waals surface area (Å²) in [6.07, 6.45) is 5.26. The van der Waals surface area contributed by atoms with Crippen LogP contribution in [0.4, 0.5) is 5.69 Å². The standard InChI is InChI=1S/C32H42N6O4/c1-2-41-30-20-28(37-16-18-40-19-17-37)9-8-26(30)22-36-14-11-32(12-15-36)10-5-13-38-23-27(34-35-38)24-42-29-7-4-3-6-25(29)21-33-31(32)39/h3-4,6-9,20,23H,2,5,10-19,21-22,24H2,1H3,(H,33,39). The molecule has 0 radical (unpaired) electrons. The van der Waals surface area contributed by atoms with Gasteiger partial charge in [-0.3, -0.25) is 14.4 Å². The fourth-order valence-electron chi connectivity index (χ4n) is 6.35. The number of nitrogens with one attached hydrogen (secondary N) is 1. The van der Waals surface area contributed by atoms with Crippen molar-refractivity contribution >= 4 is 11.6 Å². The Morgan fingerprint density at radius 3 is 2.69 bits per heavy atom. The van der Waals surface area contributed by atoms with Crippen LogP contribution in [0.15, 0.2) is 48.7 Å². The first-order valence-corrected chi connectivity index (χ1v) is 15.3. The van der Waals surface area contributed by atoms with Crippen LogP contribution in [0.5, 0.6) is 11.5 Å². The number of piperidine rings is 1. The number of hydrogen-bond acceptors (Lipinski definition) is 8. The van der Waals surface area contributed by atoms with Gasteiger partial charge < -0.3 is 24.4 Å². The maximum absolute atomic E-state index is 13.9. The lowest BCUT2D eigenvalue weighted by molar-refractivity contribution is -0.135. The highest BCUT2D eigenvalue weighted by atomic mass is 16.5. The lowest BCUT2D eigenvalue weighted by atomic mass is 9.73.